The fourth-order valence-corrected chi connectivity index (χ4v) is 4.57. The van der Waals surface area contributed by atoms with Crippen molar-refractivity contribution in [2.24, 2.45) is 0 Å². The number of amides is 1. The fraction of sp³-hybridized carbons (Fsp3) is 0.182. The third kappa shape index (κ3) is 4.76. The van der Waals surface area contributed by atoms with Gasteiger partial charge in [-0.25, -0.2) is 13.4 Å². The number of sulfonamides is 1. The maximum absolute atomic E-state index is 12.6. The summed E-state index contributed by atoms with van der Waals surface area (Å²) in [6.45, 7) is 6.01. The molecule has 1 heterocycles. The van der Waals surface area contributed by atoms with Crippen molar-refractivity contribution in [3.8, 4) is 23.6 Å². The molecular weight excluding hydrogens is 418 g/mol. The maximum atomic E-state index is 12.6. The summed E-state index contributed by atoms with van der Waals surface area (Å²) in [7, 11) is -3.78. The molecule has 0 aliphatic carbocycles. The largest absolute Gasteiger partial charge is 0.298 e. The van der Waals surface area contributed by atoms with Gasteiger partial charge in [-0.1, -0.05) is 18.1 Å². The molecular formula is C22H21N3O3S2. The van der Waals surface area contributed by atoms with Gasteiger partial charge in [0, 0.05) is 16.5 Å². The summed E-state index contributed by atoms with van der Waals surface area (Å²) in [5, 5.41) is 5.06. The SMILES string of the molecule is C#CCNS(=O)(=O)c1cccc(C(=O)Nc2nc(-c3cc(C)c(C)cc3C)cs2)c1. The molecule has 3 rings (SSSR count). The molecule has 6 nitrogen and oxygen atoms in total. The van der Waals surface area contributed by atoms with E-state index in [-0.39, 0.29) is 17.0 Å². The molecule has 0 fully saturated rings. The van der Waals surface area contributed by atoms with Gasteiger partial charge in [-0.3, -0.25) is 10.1 Å². The Morgan fingerprint density at radius 2 is 1.87 bits per heavy atom. The number of carbonyl (C=O) groups is 1. The number of rotatable bonds is 6. The van der Waals surface area contributed by atoms with Gasteiger partial charge in [0.1, 0.15) is 0 Å². The first-order chi connectivity index (χ1) is 14.2. The number of benzene rings is 2. The molecule has 0 saturated carbocycles. The highest BCUT2D eigenvalue weighted by Gasteiger charge is 2.17. The molecule has 154 valence electrons. The summed E-state index contributed by atoms with van der Waals surface area (Å²) in [6.07, 6.45) is 5.10. The summed E-state index contributed by atoms with van der Waals surface area (Å²) in [4.78, 5) is 17.1. The van der Waals surface area contributed by atoms with E-state index in [2.05, 4.69) is 40.0 Å². The number of hydrogen-bond donors (Lipinski definition) is 2. The van der Waals surface area contributed by atoms with E-state index in [0.29, 0.717) is 5.13 Å². The Hall–Kier alpha value is -2.99. The molecule has 0 bridgehead atoms. The van der Waals surface area contributed by atoms with E-state index >= 15 is 0 Å². The highest BCUT2D eigenvalue weighted by Crippen LogP contribution is 2.29. The van der Waals surface area contributed by atoms with E-state index < -0.39 is 15.9 Å². The summed E-state index contributed by atoms with van der Waals surface area (Å²) in [6, 6.07) is 9.95. The van der Waals surface area contributed by atoms with Gasteiger partial charge < -0.3 is 0 Å². The summed E-state index contributed by atoms with van der Waals surface area (Å²) < 4.78 is 26.7. The van der Waals surface area contributed by atoms with Crippen LogP contribution in [0.1, 0.15) is 27.0 Å². The molecule has 0 unspecified atom stereocenters. The second-order valence-electron chi connectivity index (χ2n) is 6.80. The summed E-state index contributed by atoms with van der Waals surface area (Å²) >= 11 is 1.31. The predicted octanol–water partition coefficient (Wildman–Crippen LogP) is 3.90. The Bertz CT molecular complexity index is 1250. The number of anilines is 1. The van der Waals surface area contributed by atoms with Crippen LogP contribution in [-0.4, -0.2) is 25.9 Å². The topological polar surface area (TPSA) is 88.2 Å². The van der Waals surface area contributed by atoms with E-state index in [0.717, 1.165) is 16.8 Å². The van der Waals surface area contributed by atoms with Gasteiger partial charge in [0.15, 0.2) is 5.13 Å². The molecule has 0 radical (unpaired) electrons. The summed E-state index contributed by atoms with van der Waals surface area (Å²) in [5.74, 6) is 1.77. The lowest BCUT2D eigenvalue weighted by Gasteiger charge is -2.08. The average molecular weight is 440 g/mol. The van der Waals surface area contributed by atoms with Crippen LogP contribution in [0.15, 0.2) is 46.7 Å². The third-order valence-corrected chi connectivity index (χ3v) is 6.77. The van der Waals surface area contributed by atoms with E-state index in [1.54, 1.807) is 0 Å². The first kappa shape index (κ1) is 21.7. The summed E-state index contributed by atoms with van der Waals surface area (Å²) in [5.41, 5.74) is 5.50. The van der Waals surface area contributed by atoms with Crippen molar-refractivity contribution < 1.29 is 13.2 Å². The number of nitrogens with one attached hydrogen (secondary N) is 2. The van der Waals surface area contributed by atoms with Crippen LogP contribution in [0.5, 0.6) is 0 Å². The van der Waals surface area contributed by atoms with E-state index in [9.17, 15) is 13.2 Å². The smallest absolute Gasteiger partial charge is 0.257 e. The Morgan fingerprint density at radius 1 is 1.13 bits per heavy atom. The zero-order chi connectivity index (χ0) is 21.9. The molecule has 30 heavy (non-hydrogen) atoms. The van der Waals surface area contributed by atoms with Crippen molar-refractivity contribution in [2.75, 3.05) is 11.9 Å². The standard InChI is InChI=1S/C22H21N3O3S2/c1-5-9-23-30(27,28)18-8-6-7-17(12-18)21(26)25-22-24-20(13-29-22)19-11-15(3)14(2)10-16(19)4/h1,6-8,10-13,23H,9H2,2-4H3,(H,24,25,26). The van der Waals surface area contributed by atoms with E-state index in [1.807, 2.05) is 19.2 Å². The highest BCUT2D eigenvalue weighted by molar-refractivity contribution is 7.89. The van der Waals surface area contributed by atoms with Crippen molar-refractivity contribution in [2.45, 2.75) is 25.7 Å². The number of terminal acetylenes is 1. The zero-order valence-corrected chi connectivity index (χ0v) is 18.4. The molecule has 0 saturated heterocycles. The van der Waals surface area contributed by atoms with Crippen LogP contribution in [0.4, 0.5) is 5.13 Å². The maximum Gasteiger partial charge on any atom is 0.257 e. The minimum Gasteiger partial charge on any atom is -0.298 e. The van der Waals surface area contributed by atoms with Gasteiger partial charge in [-0.2, -0.15) is 4.72 Å². The number of aromatic nitrogens is 1. The van der Waals surface area contributed by atoms with Crippen LogP contribution in [0.25, 0.3) is 11.3 Å². The molecule has 0 aliphatic rings. The normalized spacial score (nSPS) is 11.1. The number of nitrogens with zero attached hydrogens (tertiary/aromatic N) is 1. The first-order valence-corrected chi connectivity index (χ1v) is 11.5. The molecule has 0 spiro atoms. The van der Waals surface area contributed by atoms with Crippen LogP contribution in [0.3, 0.4) is 0 Å². The Morgan fingerprint density at radius 3 is 2.60 bits per heavy atom. The minimum atomic E-state index is -3.78. The molecule has 2 N–H and O–H groups in total. The number of aryl methyl sites for hydroxylation is 3. The van der Waals surface area contributed by atoms with Crippen LogP contribution < -0.4 is 10.0 Å². The van der Waals surface area contributed by atoms with Gasteiger partial charge in [-0.05, 0) is 61.7 Å². The number of carbonyl (C=O) groups excluding carboxylic acids is 1. The van der Waals surface area contributed by atoms with Crippen LogP contribution >= 0.6 is 11.3 Å². The fourth-order valence-electron chi connectivity index (χ4n) is 2.89. The molecule has 0 aliphatic heterocycles. The van der Waals surface area contributed by atoms with E-state index in [1.165, 1.54) is 46.7 Å². The van der Waals surface area contributed by atoms with Crippen molar-refractivity contribution >= 4 is 32.4 Å². The van der Waals surface area contributed by atoms with Gasteiger partial charge in [0.05, 0.1) is 17.1 Å². The molecule has 1 amide bonds. The number of hydrogen-bond acceptors (Lipinski definition) is 5. The van der Waals surface area contributed by atoms with Crippen LogP contribution in [0, 0.1) is 33.1 Å². The van der Waals surface area contributed by atoms with Gasteiger partial charge in [0.25, 0.3) is 5.91 Å². The van der Waals surface area contributed by atoms with Gasteiger partial charge in [0.2, 0.25) is 10.0 Å². The third-order valence-electron chi connectivity index (χ3n) is 4.61. The van der Waals surface area contributed by atoms with Crippen molar-refractivity contribution in [1.29, 1.82) is 0 Å². The lowest BCUT2D eigenvalue weighted by molar-refractivity contribution is 0.102. The van der Waals surface area contributed by atoms with Crippen LogP contribution in [-0.2, 0) is 10.0 Å². The molecule has 2 aromatic carbocycles. The van der Waals surface area contributed by atoms with E-state index in [4.69, 9.17) is 6.42 Å². The van der Waals surface area contributed by atoms with Crippen molar-refractivity contribution in [1.82, 2.24) is 9.71 Å². The first-order valence-electron chi connectivity index (χ1n) is 9.09. The molecule has 1 aromatic heterocycles. The van der Waals surface area contributed by atoms with Gasteiger partial charge >= 0.3 is 0 Å². The Kier molecular flexibility index (Phi) is 6.37. The lowest BCUT2D eigenvalue weighted by Crippen LogP contribution is -2.24. The molecule has 8 heteroatoms. The van der Waals surface area contributed by atoms with Crippen molar-refractivity contribution in [3.05, 3.63) is 64.0 Å². The second-order valence-corrected chi connectivity index (χ2v) is 9.42. The Labute approximate surface area is 180 Å². The zero-order valence-electron chi connectivity index (χ0n) is 16.8. The quantitative estimate of drug-likeness (QED) is 0.570. The number of thiazole rings is 1. The Balaban J connectivity index is 1.81. The monoisotopic (exact) mass is 439 g/mol. The van der Waals surface area contributed by atoms with Gasteiger partial charge in [-0.15, -0.1) is 17.8 Å². The van der Waals surface area contributed by atoms with Crippen molar-refractivity contribution in [3.63, 3.8) is 0 Å². The minimum absolute atomic E-state index is 0.0315. The molecule has 0 atom stereocenters. The highest BCUT2D eigenvalue weighted by atomic mass is 32.2. The second kappa shape index (κ2) is 8.79. The molecule has 3 aromatic rings. The van der Waals surface area contributed by atoms with Crippen LogP contribution in [0.2, 0.25) is 0 Å². The lowest BCUT2D eigenvalue weighted by atomic mass is 9.99. The average Bonchev–Trinajstić information content (AvgIpc) is 3.17. The predicted molar refractivity (Wildman–Crippen MR) is 120 cm³/mol.